The molecule has 0 radical (unpaired) electrons. The Balaban J connectivity index is 1.98. The topological polar surface area (TPSA) is 46.5 Å². The molecule has 2 aliphatic carbocycles. The van der Waals surface area contributed by atoms with Gasteiger partial charge in [0.15, 0.2) is 0 Å². The molecule has 23 heavy (non-hydrogen) atoms. The summed E-state index contributed by atoms with van der Waals surface area (Å²) < 4.78 is 6.79. The molecule has 1 heterocycles. The molecule has 132 valence electrons. The molecule has 0 bridgehead atoms. The summed E-state index contributed by atoms with van der Waals surface area (Å²) >= 11 is 0. The third-order valence-electron chi connectivity index (χ3n) is 7.86. The molecule has 3 nitrogen and oxygen atoms in total. The number of aliphatic carboxylic acids is 1. The molecule has 5 atom stereocenters. The molecule has 3 heteroatoms. The zero-order chi connectivity index (χ0) is 17.1. The van der Waals surface area contributed by atoms with Crippen LogP contribution < -0.4 is 0 Å². The van der Waals surface area contributed by atoms with Gasteiger partial charge in [0.2, 0.25) is 0 Å². The first-order valence-corrected chi connectivity index (χ1v) is 9.47. The van der Waals surface area contributed by atoms with Crippen LogP contribution in [0.4, 0.5) is 0 Å². The average Bonchev–Trinajstić information content (AvgIpc) is 2.74. The van der Waals surface area contributed by atoms with Crippen molar-refractivity contribution in [3.8, 4) is 0 Å². The van der Waals surface area contributed by atoms with Crippen LogP contribution in [0.2, 0.25) is 0 Å². The summed E-state index contributed by atoms with van der Waals surface area (Å²) in [6.45, 7) is 11.7. The van der Waals surface area contributed by atoms with Crippen molar-refractivity contribution in [3.63, 3.8) is 0 Å². The lowest BCUT2D eigenvalue weighted by Crippen LogP contribution is -2.62. The maximum atomic E-state index is 11.3. The van der Waals surface area contributed by atoms with Gasteiger partial charge in [-0.15, -0.1) is 0 Å². The van der Waals surface area contributed by atoms with Crippen LogP contribution in [0.5, 0.6) is 0 Å². The predicted octanol–water partition coefficient (Wildman–Crippen LogP) is 5.03. The number of ether oxygens (including phenoxy) is 1. The fraction of sp³-hybridized carbons (Fsp3) is 0.950. The van der Waals surface area contributed by atoms with Gasteiger partial charge in [0.05, 0.1) is 17.6 Å². The van der Waals surface area contributed by atoms with Crippen molar-refractivity contribution in [1.29, 1.82) is 0 Å². The number of fused-ring (bicyclic) bond motifs is 2. The maximum Gasteiger partial charge on any atom is 0.306 e. The van der Waals surface area contributed by atoms with E-state index < -0.39 is 11.6 Å². The van der Waals surface area contributed by atoms with E-state index in [2.05, 4.69) is 27.7 Å². The zero-order valence-corrected chi connectivity index (χ0v) is 15.6. The quantitative estimate of drug-likeness (QED) is 0.775. The van der Waals surface area contributed by atoms with Crippen molar-refractivity contribution < 1.29 is 14.6 Å². The summed E-state index contributed by atoms with van der Waals surface area (Å²) in [6, 6.07) is 0. The molecular formula is C20H34O3. The highest BCUT2D eigenvalue weighted by Gasteiger charge is 2.66. The molecule has 0 aromatic rings. The molecule has 1 saturated heterocycles. The summed E-state index contributed by atoms with van der Waals surface area (Å²) in [4.78, 5) is 11.3. The van der Waals surface area contributed by atoms with Gasteiger partial charge in [-0.1, -0.05) is 34.1 Å². The van der Waals surface area contributed by atoms with Gasteiger partial charge in [-0.05, 0) is 62.7 Å². The van der Waals surface area contributed by atoms with Crippen LogP contribution in [-0.4, -0.2) is 22.3 Å². The molecule has 0 aromatic carbocycles. The minimum Gasteiger partial charge on any atom is -0.481 e. The van der Waals surface area contributed by atoms with Crippen LogP contribution in [-0.2, 0) is 9.53 Å². The van der Waals surface area contributed by atoms with Crippen LogP contribution in [0.25, 0.3) is 0 Å². The third-order valence-corrected chi connectivity index (χ3v) is 7.86. The van der Waals surface area contributed by atoms with Crippen molar-refractivity contribution in [2.45, 2.75) is 97.2 Å². The van der Waals surface area contributed by atoms with Gasteiger partial charge in [-0.2, -0.15) is 0 Å². The molecule has 1 N–H and O–H groups in total. The smallest absolute Gasteiger partial charge is 0.306 e. The molecular weight excluding hydrogens is 288 g/mol. The largest absolute Gasteiger partial charge is 0.481 e. The number of carboxylic acids is 1. The van der Waals surface area contributed by atoms with E-state index in [9.17, 15) is 9.90 Å². The van der Waals surface area contributed by atoms with E-state index in [4.69, 9.17) is 4.74 Å². The number of hydrogen-bond donors (Lipinski definition) is 1. The molecule has 0 aromatic heterocycles. The second kappa shape index (κ2) is 5.21. The molecule has 3 fully saturated rings. The van der Waals surface area contributed by atoms with E-state index in [1.807, 2.05) is 6.92 Å². The lowest BCUT2D eigenvalue weighted by atomic mass is 9.44. The van der Waals surface area contributed by atoms with Crippen molar-refractivity contribution in [3.05, 3.63) is 0 Å². The van der Waals surface area contributed by atoms with E-state index in [-0.39, 0.29) is 17.4 Å². The summed E-state index contributed by atoms with van der Waals surface area (Å²) in [5.74, 6) is 0.471. The lowest BCUT2D eigenvalue weighted by molar-refractivity contribution is -0.245. The summed E-state index contributed by atoms with van der Waals surface area (Å²) in [5.41, 5.74) is -0.0671. The molecule has 0 unspecified atom stereocenters. The van der Waals surface area contributed by atoms with E-state index in [0.717, 1.165) is 12.8 Å². The van der Waals surface area contributed by atoms with Gasteiger partial charge >= 0.3 is 5.97 Å². The van der Waals surface area contributed by atoms with Crippen LogP contribution in [0.15, 0.2) is 0 Å². The molecule has 3 aliphatic rings. The van der Waals surface area contributed by atoms with E-state index >= 15 is 0 Å². The number of carboxylic acid groups (broad SMARTS) is 1. The number of hydrogen-bond acceptors (Lipinski definition) is 2. The number of rotatable bonds is 2. The van der Waals surface area contributed by atoms with E-state index in [1.165, 1.54) is 32.1 Å². The van der Waals surface area contributed by atoms with Crippen LogP contribution in [0.3, 0.4) is 0 Å². The van der Waals surface area contributed by atoms with Gasteiger partial charge in [0.25, 0.3) is 0 Å². The molecule has 1 spiro atoms. The first-order valence-electron chi connectivity index (χ1n) is 9.47. The SMILES string of the molecule is C[C@H]1CC[C@H]2C(C)(C)CCC[C@]2(C)[C@@]12CC[C@@](C)(CC(=O)O)O2. The maximum absolute atomic E-state index is 11.3. The predicted molar refractivity (Wildman–Crippen MR) is 91.3 cm³/mol. The minimum atomic E-state index is -0.737. The van der Waals surface area contributed by atoms with Crippen molar-refractivity contribution in [1.82, 2.24) is 0 Å². The average molecular weight is 322 g/mol. The fourth-order valence-electron chi connectivity index (χ4n) is 6.74. The highest BCUT2D eigenvalue weighted by molar-refractivity contribution is 5.68. The van der Waals surface area contributed by atoms with E-state index in [1.54, 1.807) is 0 Å². The highest BCUT2D eigenvalue weighted by Crippen LogP contribution is 2.67. The Bertz CT molecular complexity index is 499. The van der Waals surface area contributed by atoms with Crippen LogP contribution >= 0.6 is 0 Å². The Kier molecular flexibility index (Phi) is 3.91. The minimum absolute atomic E-state index is 0.127. The molecule has 3 rings (SSSR count). The third kappa shape index (κ3) is 2.45. The first kappa shape index (κ1) is 17.3. The normalized spacial score (nSPS) is 49.1. The van der Waals surface area contributed by atoms with Crippen molar-refractivity contribution >= 4 is 5.97 Å². The van der Waals surface area contributed by atoms with Gasteiger partial charge in [0, 0.05) is 5.41 Å². The zero-order valence-electron chi connectivity index (χ0n) is 15.6. The highest BCUT2D eigenvalue weighted by atomic mass is 16.5. The Morgan fingerprint density at radius 1 is 1.09 bits per heavy atom. The Morgan fingerprint density at radius 3 is 2.43 bits per heavy atom. The van der Waals surface area contributed by atoms with Gasteiger partial charge in [-0.3, -0.25) is 4.79 Å². The second-order valence-electron chi connectivity index (χ2n) is 9.80. The van der Waals surface area contributed by atoms with E-state index in [0.29, 0.717) is 17.3 Å². The second-order valence-corrected chi connectivity index (χ2v) is 9.80. The lowest BCUT2D eigenvalue weighted by Gasteiger charge is -2.64. The van der Waals surface area contributed by atoms with Crippen molar-refractivity contribution in [2.24, 2.45) is 22.7 Å². The summed E-state index contributed by atoms with van der Waals surface area (Å²) in [6.07, 6.45) is 8.36. The first-order chi connectivity index (χ1) is 10.5. The van der Waals surface area contributed by atoms with Gasteiger partial charge in [0.1, 0.15) is 0 Å². The standard InChI is InChI=1S/C20H34O3/c1-14-7-8-15-17(2,3)9-6-10-19(15,5)20(14)12-11-18(4,23-20)13-16(21)22/h14-15H,6-13H2,1-5H3,(H,21,22)/t14-,15-,18-,19-,20+/m0/s1. The Labute approximate surface area is 141 Å². The Hall–Kier alpha value is -0.570. The van der Waals surface area contributed by atoms with Crippen LogP contribution in [0, 0.1) is 22.7 Å². The Morgan fingerprint density at radius 2 is 1.78 bits per heavy atom. The van der Waals surface area contributed by atoms with Gasteiger partial charge < -0.3 is 9.84 Å². The van der Waals surface area contributed by atoms with Gasteiger partial charge in [-0.25, -0.2) is 0 Å². The molecule has 0 amide bonds. The monoisotopic (exact) mass is 322 g/mol. The van der Waals surface area contributed by atoms with Crippen molar-refractivity contribution in [2.75, 3.05) is 0 Å². The molecule has 1 aliphatic heterocycles. The molecule has 2 saturated carbocycles. The fourth-order valence-corrected chi connectivity index (χ4v) is 6.74. The summed E-state index contributed by atoms with van der Waals surface area (Å²) in [7, 11) is 0. The van der Waals surface area contributed by atoms with Crippen LogP contribution in [0.1, 0.15) is 86.0 Å². The summed E-state index contributed by atoms with van der Waals surface area (Å²) in [5, 5.41) is 9.29. The number of carbonyl (C=O) groups is 1.